The van der Waals surface area contributed by atoms with Crippen LogP contribution in [0.2, 0.25) is 0 Å². The molecule has 0 saturated carbocycles. The summed E-state index contributed by atoms with van der Waals surface area (Å²) in [6, 6.07) is 19.9. The van der Waals surface area contributed by atoms with Gasteiger partial charge < -0.3 is 14.6 Å². The Balaban J connectivity index is 1.59. The number of carboxylic acid groups (broad SMARTS) is 1. The molecule has 1 N–H and O–H groups in total. The molecule has 0 spiro atoms. The van der Waals surface area contributed by atoms with E-state index in [0.29, 0.717) is 40.0 Å². The maximum Gasteiger partial charge on any atom is 0.335 e. The van der Waals surface area contributed by atoms with Crippen LogP contribution >= 0.6 is 15.9 Å². The summed E-state index contributed by atoms with van der Waals surface area (Å²) in [6.07, 6.45) is 1.35. The largest absolute Gasteiger partial charge is 0.494 e. The number of rotatable bonds is 11. The molecule has 0 amide bonds. The number of hydrogen-bond donors (Lipinski definition) is 1. The fraction of sp³-hybridized carbons (Fsp3) is 0.200. The molecule has 5 rings (SSSR count). The lowest BCUT2D eigenvalue weighted by Crippen LogP contribution is -2.21. The van der Waals surface area contributed by atoms with Gasteiger partial charge in [0.25, 0.3) is 5.56 Å². The fourth-order valence-corrected chi connectivity index (χ4v) is 5.68. The highest BCUT2D eigenvalue weighted by Crippen LogP contribution is 2.37. The van der Waals surface area contributed by atoms with Gasteiger partial charge in [-0.2, -0.15) is 9.78 Å². The van der Waals surface area contributed by atoms with Crippen LogP contribution < -0.4 is 15.0 Å². The molecule has 0 saturated heterocycles. The molecular weight excluding hydrogens is 668 g/mol. The van der Waals surface area contributed by atoms with E-state index in [-0.39, 0.29) is 34.0 Å². The molecule has 0 aliphatic heterocycles. The Morgan fingerprint density at radius 2 is 1.87 bits per heavy atom. The average Bonchev–Trinajstić information content (AvgIpc) is 3.03. The van der Waals surface area contributed by atoms with Crippen molar-refractivity contribution < 1.29 is 24.3 Å². The van der Waals surface area contributed by atoms with Crippen molar-refractivity contribution in [2.24, 2.45) is 5.10 Å². The SMILES string of the molecule is CCOc1cc(C)c(-c2nc3ccccc3c(=O)n2N=Cc2cc(Br)c(OCc3cccc(C(=O)O)c3)c([N+](=O)[O-])c2)cc1C(C)C. The molecule has 240 valence electrons. The molecule has 0 atom stereocenters. The normalized spacial score (nSPS) is 11.4. The molecule has 0 fully saturated rings. The standard InChI is InChI=1S/C35H31BrN4O7/c1-5-46-31-13-21(4)27(17-26(31)20(2)3)33-38-29-12-7-6-11-25(29)34(41)39(33)37-18-23-15-28(36)32(30(16-23)40(44)45)47-19-22-9-8-10-24(14-22)35(42)43/h6-18,20H,5,19H2,1-4H3,(H,42,43). The molecule has 0 radical (unpaired) electrons. The molecule has 0 aliphatic carbocycles. The van der Waals surface area contributed by atoms with Gasteiger partial charge in [0.05, 0.1) is 38.7 Å². The van der Waals surface area contributed by atoms with Gasteiger partial charge in [0.1, 0.15) is 12.4 Å². The summed E-state index contributed by atoms with van der Waals surface area (Å²) in [6.45, 7) is 8.35. The number of carbonyl (C=O) groups is 1. The molecule has 1 heterocycles. The Hall–Kier alpha value is -5.36. The monoisotopic (exact) mass is 698 g/mol. The summed E-state index contributed by atoms with van der Waals surface area (Å²) in [5.41, 5.74) is 3.16. The van der Waals surface area contributed by atoms with E-state index in [2.05, 4.69) is 34.9 Å². The minimum absolute atomic E-state index is 0.0377. The van der Waals surface area contributed by atoms with Crippen molar-refractivity contribution in [3.05, 3.63) is 126 Å². The molecule has 12 heteroatoms. The van der Waals surface area contributed by atoms with Gasteiger partial charge in [0, 0.05) is 17.2 Å². The van der Waals surface area contributed by atoms with Crippen molar-refractivity contribution in [2.75, 3.05) is 6.61 Å². The number of halogens is 1. The molecule has 0 unspecified atom stereocenters. The highest BCUT2D eigenvalue weighted by molar-refractivity contribution is 9.10. The van der Waals surface area contributed by atoms with Crippen molar-refractivity contribution in [3.63, 3.8) is 0 Å². The summed E-state index contributed by atoms with van der Waals surface area (Å²) in [5, 5.41) is 26.2. The summed E-state index contributed by atoms with van der Waals surface area (Å²) in [4.78, 5) is 41.5. The summed E-state index contributed by atoms with van der Waals surface area (Å²) in [5.74, 6) is 0.0641. The zero-order valence-electron chi connectivity index (χ0n) is 26.1. The van der Waals surface area contributed by atoms with Gasteiger partial charge in [-0.25, -0.2) is 9.78 Å². The molecule has 0 bridgehead atoms. The Morgan fingerprint density at radius 1 is 1.11 bits per heavy atom. The molecule has 1 aromatic heterocycles. The molecule has 47 heavy (non-hydrogen) atoms. The summed E-state index contributed by atoms with van der Waals surface area (Å²) >= 11 is 3.37. The number of fused-ring (bicyclic) bond motifs is 1. The predicted molar refractivity (Wildman–Crippen MR) is 183 cm³/mol. The molecular formula is C35H31BrN4O7. The zero-order valence-corrected chi connectivity index (χ0v) is 27.6. The van der Waals surface area contributed by atoms with Gasteiger partial charge in [-0.05, 0) is 94.9 Å². The van der Waals surface area contributed by atoms with Crippen LogP contribution in [0.25, 0.3) is 22.3 Å². The lowest BCUT2D eigenvalue weighted by molar-refractivity contribution is -0.386. The second-order valence-corrected chi connectivity index (χ2v) is 11.9. The van der Waals surface area contributed by atoms with Crippen LogP contribution in [-0.2, 0) is 6.61 Å². The number of nitrogens with zero attached hydrogens (tertiary/aromatic N) is 4. The smallest absolute Gasteiger partial charge is 0.335 e. The van der Waals surface area contributed by atoms with Crippen LogP contribution in [-0.4, -0.2) is 38.5 Å². The van der Waals surface area contributed by atoms with Crippen molar-refractivity contribution >= 4 is 44.7 Å². The third-order valence-corrected chi connectivity index (χ3v) is 7.98. The van der Waals surface area contributed by atoms with E-state index < -0.39 is 16.5 Å². The van der Waals surface area contributed by atoms with Crippen molar-refractivity contribution in [2.45, 2.75) is 40.2 Å². The maximum atomic E-state index is 13.8. The van der Waals surface area contributed by atoms with Crippen LogP contribution in [0.1, 0.15) is 59.3 Å². The maximum absolute atomic E-state index is 13.8. The number of benzene rings is 4. The van der Waals surface area contributed by atoms with Crippen LogP contribution in [0.3, 0.4) is 0 Å². The third kappa shape index (κ3) is 7.07. The van der Waals surface area contributed by atoms with E-state index in [0.717, 1.165) is 16.9 Å². The molecule has 11 nitrogen and oxygen atoms in total. The Bertz CT molecular complexity index is 2110. The van der Waals surface area contributed by atoms with E-state index in [1.54, 1.807) is 42.5 Å². The quantitative estimate of drug-likeness (QED) is 0.0838. The number of aromatic nitrogens is 2. The highest BCUT2D eigenvalue weighted by atomic mass is 79.9. The van der Waals surface area contributed by atoms with Gasteiger partial charge in [0.2, 0.25) is 5.75 Å². The van der Waals surface area contributed by atoms with Gasteiger partial charge in [-0.1, -0.05) is 38.1 Å². The number of carboxylic acids is 1. The van der Waals surface area contributed by atoms with Gasteiger partial charge in [0.15, 0.2) is 5.82 Å². The van der Waals surface area contributed by atoms with Crippen LogP contribution in [0, 0.1) is 17.0 Å². The molecule has 4 aromatic carbocycles. The predicted octanol–water partition coefficient (Wildman–Crippen LogP) is 7.72. The first-order valence-corrected chi connectivity index (χ1v) is 15.5. The van der Waals surface area contributed by atoms with Crippen LogP contribution in [0.15, 0.2) is 87.2 Å². The first-order valence-electron chi connectivity index (χ1n) is 14.7. The topological polar surface area (TPSA) is 146 Å². The number of nitro groups is 1. The number of ether oxygens (including phenoxy) is 2. The Labute approximate surface area is 278 Å². The molecule has 0 aliphatic rings. The Morgan fingerprint density at radius 3 is 2.57 bits per heavy atom. The first-order chi connectivity index (χ1) is 22.5. The number of para-hydroxylation sites is 1. The number of aromatic carboxylic acids is 1. The van der Waals surface area contributed by atoms with E-state index in [1.165, 1.54) is 29.1 Å². The van der Waals surface area contributed by atoms with Crippen molar-refractivity contribution in [1.82, 2.24) is 9.66 Å². The third-order valence-electron chi connectivity index (χ3n) is 7.40. The van der Waals surface area contributed by atoms with Gasteiger partial charge >= 0.3 is 11.7 Å². The highest BCUT2D eigenvalue weighted by Gasteiger charge is 2.22. The second kappa shape index (κ2) is 14.0. The number of nitro benzene ring substituents is 1. The lowest BCUT2D eigenvalue weighted by Gasteiger charge is -2.18. The minimum atomic E-state index is -1.09. The minimum Gasteiger partial charge on any atom is -0.494 e. The van der Waals surface area contributed by atoms with E-state index >= 15 is 0 Å². The van der Waals surface area contributed by atoms with E-state index in [9.17, 15) is 24.8 Å². The average molecular weight is 700 g/mol. The van der Waals surface area contributed by atoms with Crippen molar-refractivity contribution in [3.8, 4) is 22.9 Å². The van der Waals surface area contributed by atoms with Crippen molar-refractivity contribution in [1.29, 1.82) is 0 Å². The van der Waals surface area contributed by atoms with Gasteiger partial charge in [-0.15, -0.1) is 0 Å². The lowest BCUT2D eigenvalue weighted by atomic mass is 9.96. The number of aryl methyl sites for hydroxylation is 1. The van der Waals surface area contributed by atoms with Crippen LogP contribution in [0.5, 0.6) is 11.5 Å². The zero-order chi connectivity index (χ0) is 33.8. The second-order valence-electron chi connectivity index (χ2n) is 11.0. The number of hydrogen-bond acceptors (Lipinski definition) is 8. The van der Waals surface area contributed by atoms with Crippen LogP contribution in [0.4, 0.5) is 5.69 Å². The first kappa shape index (κ1) is 33.0. The summed E-state index contributed by atoms with van der Waals surface area (Å²) < 4.78 is 13.2. The van der Waals surface area contributed by atoms with E-state index in [1.807, 2.05) is 26.0 Å². The fourth-order valence-electron chi connectivity index (χ4n) is 5.10. The van der Waals surface area contributed by atoms with E-state index in [4.69, 9.17) is 14.5 Å². The Kier molecular flexibility index (Phi) is 9.80. The van der Waals surface area contributed by atoms with Gasteiger partial charge in [-0.3, -0.25) is 14.9 Å². The molecule has 5 aromatic rings. The summed E-state index contributed by atoms with van der Waals surface area (Å²) in [7, 11) is 0.